The molecule has 1 atom stereocenters. The van der Waals surface area contributed by atoms with Gasteiger partial charge in [-0.25, -0.2) is 13.1 Å². The normalized spacial score (nSPS) is 14.4. The Labute approximate surface area is 114 Å². The molecule has 0 spiro atoms. The Morgan fingerprint density at radius 1 is 1.26 bits per heavy atom. The molecule has 0 saturated carbocycles. The minimum absolute atomic E-state index is 0.0845. The summed E-state index contributed by atoms with van der Waals surface area (Å²) in [7, 11) is -3.78. The molecule has 0 fully saturated rings. The molecular weight excluding hydrogens is 264 g/mol. The molecule has 5 nitrogen and oxygen atoms in total. The van der Waals surface area contributed by atoms with E-state index >= 15 is 0 Å². The van der Waals surface area contributed by atoms with Crippen LogP contribution in [0.25, 0.3) is 0 Å². The fourth-order valence-electron chi connectivity index (χ4n) is 1.65. The maximum atomic E-state index is 12.4. The van der Waals surface area contributed by atoms with E-state index in [0.717, 1.165) is 0 Å². The van der Waals surface area contributed by atoms with Crippen LogP contribution < -0.4 is 10.5 Å². The van der Waals surface area contributed by atoms with E-state index in [1.54, 1.807) is 39.8 Å². The second-order valence-electron chi connectivity index (χ2n) is 5.45. The number of anilines is 1. The monoisotopic (exact) mass is 286 g/mol. The molecule has 19 heavy (non-hydrogen) atoms. The van der Waals surface area contributed by atoms with Crippen molar-refractivity contribution in [3.8, 4) is 0 Å². The van der Waals surface area contributed by atoms with E-state index in [4.69, 9.17) is 5.73 Å². The largest absolute Gasteiger partial charge is 0.397 e. The predicted octanol–water partition coefficient (Wildman–Crippen LogP) is 1.32. The van der Waals surface area contributed by atoms with Crippen molar-refractivity contribution in [3.05, 3.63) is 23.3 Å². The fourth-order valence-corrected chi connectivity index (χ4v) is 3.55. The minimum Gasteiger partial charge on any atom is -0.397 e. The van der Waals surface area contributed by atoms with Gasteiger partial charge in [0.05, 0.1) is 17.3 Å². The Morgan fingerprint density at radius 3 is 2.21 bits per heavy atom. The summed E-state index contributed by atoms with van der Waals surface area (Å²) in [6.07, 6.45) is -0.825. The van der Waals surface area contributed by atoms with Crippen LogP contribution >= 0.6 is 0 Å². The molecule has 0 aliphatic rings. The number of aliphatic hydroxyl groups is 1. The van der Waals surface area contributed by atoms with E-state index in [1.807, 2.05) is 0 Å². The number of hydrogen-bond acceptors (Lipinski definition) is 4. The summed E-state index contributed by atoms with van der Waals surface area (Å²) in [6.45, 7) is 8.23. The summed E-state index contributed by atoms with van der Waals surface area (Å²) in [4.78, 5) is 0.0845. The van der Waals surface area contributed by atoms with Gasteiger partial charge in [0.25, 0.3) is 0 Å². The van der Waals surface area contributed by atoms with Gasteiger partial charge in [-0.15, -0.1) is 0 Å². The van der Waals surface area contributed by atoms with Crippen molar-refractivity contribution < 1.29 is 13.5 Å². The highest BCUT2D eigenvalue weighted by atomic mass is 32.2. The topological polar surface area (TPSA) is 92.4 Å². The highest BCUT2D eigenvalue weighted by Gasteiger charge is 2.32. The molecule has 0 amide bonds. The molecule has 0 radical (unpaired) electrons. The summed E-state index contributed by atoms with van der Waals surface area (Å²) >= 11 is 0. The van der Waals surface area contributed by atoms with Gasteiger partial charge in [0.15, 0.2) is 0 Å². The molecule has 4 N–H and O–H groups in total. The minimum atomic E-state index is -3.78. The highest BCUT2D eigenvalue weighted by molar-refractivity contribution is 7.89. The lowest BCUT2D eigenvalue weighted by molar-refractivity contribution is 0.111. The Morgan fingerprint density at radius 2 is 1.74 bits per heavy atom. The van der Waals surface area contributed by atoms with Crippen molar-refractivity contribution in [1.82, 2.24) is 4.72 Å². The number of nitrogens with one attached hydrogen (secondary N) is 1. The van der Waals surface area contributed by atoms with Crippen LogP contribution in [0, 0.1) is 13.8 Å². The van der Waals surface area contributed by atoms with Gasteiger partial charge < -0.3 is 10.8 Å². The lowest BCUT2D eigenvalue weighted by atomic mass is 10.0. The number of benzene rings is 1. The fraction of sp³-hybridized carbons (Fsp3) is 0.538. The number of rotatable bonds is 4. The first kappa shape index (κ1) is 15.9. The summed E-state index contributed by atoms with van der Waals surface area (Å²) in [6, 6.07) is 3.50. The molecule has 1 aromatic carbocycles. The number of aliphatic hydroxyl groups excluding tert-OH is 1. The molecule has 0 saturated heterocycles. The number of aryl methyl sites for hydroxylation is 2. The van der Waals surface area contributed by atoms with Crippen molar-refractivity contribution in [2.24, 2.45) is 0 Å². The quantitative estimate of drug-likeness (QED) is 0.728. The zero-order valence-corrected chi connectivity index (χ0v) is 12.8. The number of hydrogen-bond donors (Lipinski definition) is 3. The molecule has 108 valence electrons. The van der Waals surface area contributed by atoms with Crippen LogP contribution in [0.15, 0.2) is 17.0 Å². The Bertz CT molecular complexity index is 578. The molecule has 6 heteroatoms. The maximum absolute atomic E-state index is 12.4. The van der Waals surface area contributed by atoms with Crippen LogP contribution in [0.3, 0.4) is 0 Å². The van der Waals surface area contributed by atoms with Crippen LogP contribution in [0.1, 0.15) is 31.9 Å². The smallest absolute Gasteiger partial charge is 0.243 e. The zero-order chi connectivity index (χ0) is 15.0. The molecular formula is C13H22N2O3S. The number of nitrogens with two attached hydrogens (primary N) is 1. The maximum Gasteiger partial charge on any atom is 0.243 e. The van der Waals surface area contributed by atoms with Gasteiger partial charge >= 0.3 is 0 Å². The number of nitrogen functional groups attached to an aromatic ring is 1. The second-order valence-corrected chi connectivity index (χ2v) is 7.06. The van der Waals surface area contributed by atoms with Crippen molar-refractivity contribution in [1.29, 1.82) is 0 Å². The van der Waals surface area contributed by atoms with Crippen LogP contribution in [-0.4, -0.2) is 25.2 Å². The Balaban J connectivity index is 3.34. The third-order valence-corrected chi connectivity index (χ3v) is 5.20. The van der Waals surface area contributed by atoms with Crippen molar-refractivity contribution in [2.75, 3.05) is 5.73 Å². The Kier molecular flexibility index (Phi) is 4.29. The third kappa shape index (κ3) is 3.26. The Hall–Kier alpha value is -1.11. The van der Waals surface area contributed by atoms with Crippen molar-refractivity contribution in [3.63, 3.8) is 0 Å². The van der Waals surface area contributed by atoms with E-state index in [-0.39, 0.29) is 10.6 Å². The lowest BCUT2D eigenvalue weighted by Gasteiger charge is -2.29. The van der Waals surface area contributed by atoms with E-state index in [0.29, 0.717) is 11.1 Å². The van der Waals surface area contributed by atoms with Crippen LogP contribution in [0.5, 0.6) is 0 Å². The van der Waals surface area contributed by atoms with Gasteiger partial charge in [-0.05, 0) is 45.7 Å². The summed E-state index contributed by atoms with van der Waals surface area (Å²) in [5.74, 6) is 0. The van der Waals surface area contributed by atoms with Gasteiger partial charge in [0.1, 0.15) is 4.90 Å². The first-order valence-electron chi connectivity index (χ1n) is 6.07. The first-order valence-corrected chi connectivity index (χ1v) is 7.55. The average Bonchev–Trinajstić information content (AvgIpc) is 2.22. The van der Waals surface area contributed by atoms with Crippen molar-refractivity contribution in [2.45, 2.75) is 51.2 Å². The summed E-state index contributed by atoms with van der Waals surface area (Å²) < 4.78 is 27.4. The molecule has 1 aromatic rings. The van der Waals surface area contributed by atoms with Gasteiger partial charge in [0.2, 0.25) is 10.0 Å². The van der Waals surface area contributed by atoms with Crippen molar-refractivity contribution >= 4 is 15.7 Å². The highest BCUT2D eigenvalue weighted by Crippen LogP contribution is 2.27. The zero-order valence-electron chi connectivity index (χ0n) is 12.0. The van der Waals surface area contributed by atoms with Gasteiger partial charge in [0, 0.05) is 0 Å². The molecule has 1 unspecified atom stereocenters. The predicted molar refractivity (Wildman–Crippen MR) is 76.4 cm³/mol. The molecule has 0 aromatic heterocycles. The van der Waals surface area contributed by atoms with Crippen LogP contribution in [0.2, 0.25) is 0 Å². The third-order valence-electron chi connectivity index (χ3n) is 3.32. The van der Waals surface area contributed by atoms with E-state index in [2.05, 4.69) is 4.72 Å². The van der Waals surface area contributed by atoms with Gasteiger partial charge in [-0.1, -0.05) is 12.1 Å². The summed E-state index contributed by atoms with van der Waals surface area (Å²) in [5.41, 5.74) is 6.45. The SMILES string of the molecule is Cc1ccc(C)c(S(=O)(=O)NC(C)(C)C(C)O)c1N. The molecule has 0 heterocycles. The number of sulfonamides is 1. The summed E-state index contributed by atoms with van der Waals surface area (Å²) in [5, 5.41) is 9.63. The van der Waals surface area contributed by atoms with E-state index in [1.165, 1.54) is 6.92 Å². The van der Waals surface area contributed by atoms with E-state index < -0.39 is 21.7 Å². The molecule has 0 aliphatic carbocycles. The van der Waals surface area contributed by atoms with E-state index in [9.17, 15) is 13.5 Å². The average molecular weight is 286 g/mol. The molecule has 0 aliphatic heterocycles. The van der Waals surface area contributed by atoms with Gasteiger partial charge in [-0.3, -0.25) is 0 Å². The van der Waals surface area contributed by atoms with Crippen LogP contribution in [-0.2, 0) is 10.0 Å². The van der Waals surface area contributed by atoms with Crippen LogP contribution in [0.4, 0.5) is 5.69 Å². The lowest BCUT2D eigenvalue weighted by Crippen LogP contribution is -2.51. The first-order chi connectivity index (χ1) is 8.49. The standard InChI is InChI=1S/C13H22N2O3S/c1-8-6-7-9(2)12(11(8)14)19(17,18)15-13(4,5)10(3)16/h6-7,10,15-16H,14H2,1-5H3. The molecule has 1 rings (SSSR count). The molecule has 0 bridgehead atoms. The van der Waals surface area contributed by atoms with Gasteiger partial charge in [-0.2, -0.15) is 0 Å². The second kappa shape index (κ2) is 5.11.